The predicted octanol–water partition coefficient (Wildman–Crippen LogP) is 3.12. The van der Waals surface area contributed by atoms with E-state index < -0.39 is 0 Å². The molecule has 24 heavy (non-hydrogen) atoms. The van der Waals surface area contributed by atoms with Gasteiger partial charge in [0.05, 0.1) is 0 Å². The number of hydrogen-bond donors (Lipinski definition) is 1. The van der Waals surface area contributed by atoms with Gasteiger partial charge in [-0.2, -0.15) is 0 Å². The quantitative estimate of drug-likeness (QED) is 0.886. The third kappa shape index (κ3) is 4.35. The van der Waals surface area contributed by atoms with Gasteiger partial charge in [-0.1, -0.05) is 30.3 Å². The second-order valence-electron chi connectivity index (χ2n) is 6.33. The number of para-hydroxylation sites is 1. The summed E-state index contributed by atoms with van der Waals surface area (Å²) < 4.78 is 5.87. The summed E-state index contributed by atoms with van der Waals surface area (Å²) in [4.78, 5) is 4.99. The molecule has 1 fully saturated rings. The Kier molecular flexibility index (Phi) is 5.86. The first-order valence-corrected chi connectivity index (χ1v) is 8.75. The SMILES string of the molecule is CC(c1ccc(Oc2ccccc2)cc1)N1CCN(CCN)CC1. The van der Waals surface area contributed by atoms with E-state index in [9.17, 15) is 0 Å². The van der Waals surface area contributed by atoms with Crippen molar-refractivity contribution in [2.24, 2.45) is 5.73 Å². The second-order valence-corrected chi connectivity index (χ2v) is 6.33. The smallest absolute Gasteiger partial charge is 0.127 e. The van der Waals surface area contributed by atoms with Crippen molar-refractivity contribution in [2.75, 3.05) is 39.3 Å². The van der Waals surface area contributed by atoms with Crippen LogP contribution in [0, 0.1) is 0 Å². The summed E-state index contributed by atoms with van der Waals surface area (Å²) in [7, 11) is 0. The van der Waals surface area contributed by atoms with E-state index in [0.717, 1.165) is 50.8 Å². The fourth-order valence-electron chi connectivity index (χ4n) is 3.21. The zero-order valence-corrected chi connectivity index (χ0v) is 14.4. The summed E-state index contributed by atoms with van der Waals surface area (Å²) in [6.45, 7) is 8.46. The molecule has 0 aliphatic carbocycles. The fourth-order valence-corrected chi connectivity index (χ4v) is 3.21. The second kappa shape index (κ2) is 8.29. The van der Waals surface area contributed by atoms with Gasteiger partial charge in [0.25, 0.3) is 0 Å². The Morgan fingerprint density at radius 3 is 2.17 bits per heavy atom. The van der Waals surface area contributed by atoms with E-state index in [4.69, 9.17) is 10.5 Å². The minimum atomic E-state index is 0.427. The molecule has 2 N–H and O–H groups in total. The molecule has 0 spiro atoms. The monoisotopic (exact) mass is 325 g/mol. The Hall–Kier alpha value is -1.88. The molecule has 0 radical (unpaired) electrons. The van der Waals surface area contributed by atoms with Gasteiger partial charge in [-0.3, -0.25) is 9.80 Å². The van der Waals surface area contributed by atoms with E-state index in [1.807, 2.05) is 30.3 Å². The molecule has 0 aromatic heterocycles. The highest BCUT2D eigenvalue weighted by atomic mass is 16.5. The van der Waals surface area contributed by atoms with Gasteiger partial charge >= 0.3 is 0 Å². The third-order valence-corrected chi connectivity index (χ3v) is 4.74. The number of ether oxygens (including phenoxy) is 1. The molecular formula is C20H27N3O. The summed E-state index contributed by atoms with van der Waals surface area (Å²) >= 11 is 0. The van der Waals surface area contributed by atoms with Crippen molar-refractivity contribution >= 4 is 0 Å². The van der Waals surface area contributed by atoms with Crippen LogP contribution in [-0.4, -0.2) is 49.1 Å². The molecule has 2 aromatic carbocycles. The fraction of sp³-hybridized carbons (Fsp3) is 0.400. The van der Waals surface area contributed by atoms with E-state index in [1.165, 1.54) is 5.56 Å². The number of benzene rings is 2. The summed E-state index contributed by atoms with van der Waals surface area (Å²) in [5.74, 6) is 1.75. The molecule has 128 valence electrons. The summed E-state index contributed by atoms with van der Waals surface area (Å²) in [5.41, 5.74) is 6.98. The Morgan fingerprint density at radius 2 is 1.54 bits per heavy atom. The zero-order chi connectivity index (χ0) is 16.8. The van der Waals surface area contributed by atoms with Crippen molar-refractivity contribution in [3.8, 4) is 11.5 Å². The first-order chi connectivity index (χ1) is 11.8. The number of hydrogen-bond acceptors (Lipinski definition) is 4. The lowest BCUT2D eigenvalue weighted by Crippen LogP contribution is -2.48. The van der Waals surface area contributed by atoms with Gasteiger partial charge in [0.15, 0.2) is 0 Å². The van der Waals surface area contributed by atoms with Crippen LogP contribution < -0.4 is 10.5 Å². The van der Waals surface area contributed by atoms with Crippen molar-refractivity contribution in [3.63, 3.8) is 0 Å². The molecule has 0 amide bonds. The van der Waals surface area contributed by atoms with E-state index in [1.54, 1.807) is 0 Å². The van der Waals surface area contributed by atoms with Gasteiger partial charge in [-0.25, -0.2) is 0 Å². The molecule has 4 heteroatoms. The Balaban J connectivity index is 1.57. The predicted molar refractivity (Wildman–Crippen MR) is 98.4 cm³/mol. The van der Waals surface area contributed by atoms with Crippen LogP contribution in [0.4, 0.5) is 0 Å². The van der Waals surface area contributed by atoms with Gasteiger partial charge in [0.2, 0.25) is 0 Å². The Morgan fingerprint density at radius 1 is 0.917 bits per heavy atom. The van der Waals surface area contributed by atoms with Crippen LogP contribution in [0.3, 0.4) is 0 Å². The molecule has 0 bridgehead atoms. The lowest BCUT2D eigenvalue weighted by molar-refractivity contribution is 0.104. The highest BCUT2D eigenvalue weighted by Gasteiger charge is 2.21. The van der Waals surface area contributed by atoms with E-state index in [0.29, 0.717) is 6.04 Å². The molecule has 0 saturated carbocycles. The normalized spacial score (nSPS) is 17.6. The standard InChI is InChI=1S/C20H27N3O/c1-17(23-15-13-22(12-11-21)14-16-23)18-7-9-20(10-8-18)24-19-5-3-2-4-6-19/h2-10,17H,11-16,21H2,1H3. The summed E-state index contributed by atoms with van der Waals surface area (Å²) in [6.07, 6.45) is 0. The van der Waals surface area contributed by atoms with Crippen molar-refractivity contribution in [1.29, 1.82) is 0 Å². The van der Waals surface area contributed by atoms with Crippen LogP contribution in [0.1, 0.15) is 18.5 Å². The van der Waals surface area contributed by atoms with Gasteiger partial charge in [0, 0.05) is 45.3 Å². The molecule has 2 aromatic rings. The lowest BCUT2D eigenvalue weighted by Gasteiger charge is -2.38. The van der Waals surface area contributed by atoms with Gasteiger partial charge in [-0.05, 0) is 36.8 Å². The largest absolute Gasteiger partial charge is 0.457 e. The number of nitrogens with two attached hydrogens (primary N) is 1. The minimum absolute atomic E-state index is 0.427. The van der Waals surface area contributed by atoms with Crippen LogP contribution in [0.25, 0.3) is 0 Å². The molecular weight excluding hydrogens is 298 g/mol. The molecule has 1 aliphatic rings. The highest BCUT2D eigenvalue weighted by molar-refractivity contribution is 5.33. The molecule has 4 nitrogen and oxygen atoms in total. The van der Waals surface area contributed by atoms with Crippen LogP contribution in [0.15, 0.2) is 54.6 Å². The van der Waals surface area contributed by atoms with E-state index >= 15 is 0 Å². The maximum absolute atomic E-state index is 5.87. The van der Waals surface area contributed by atoms with Crippen molar-refractivity contribution in [3.05, 3.63) is 60.2 Å². The van der Waals surface area contributed by atoms with Gasteiger partial charge < -0.3 is 10.5 Å². The van der Waals surface area contributed by atoms with E-state index in [-0.39, 0.29) is 0 Å². The molecule has 1 atom stereocenters. The zero-order valence-electron chi connectivity index (χ0n) is 14.4. The average molecular weight is 325 g/mol. The third-order valence-electron chi connectivity index (χ3n) is 4.74. The van der Waals surface area contributed by atoms with Crippen LogP contribution in [-0.2, 0) is 0 Å². The average Bonchev–Trinajstić information content (AvgIpc) is 2.64. The minimum Gasteiger partial charge on any atom is -0.457 e. The number of rotatable bonds is 6. The summed E-state index contributed by atoms with van der Waals surface area (Å²) in [5, 5.41) is 0. The molecule has 3 rings (SSSR count). The van der Waals surface area contributed by atoms with Crippen LogP contribution >= 0.6 is 0 Å². The van der Waals surface area contributed by atoms with Crippen LogP contribution in [0.5, 0.6) is 11.5 Å². The lowest BCUT2D eigenvalue weighted by atomic mass is 10.1. The number of piperazine rings is 1. The van der Waals surface area contributed by atoms with Crippen molar-refractivity contribution in [1.82, 2.24) is 9.80 Å². The Bertz CT molecular complexity index is 607. The maximum atomic E-state index is 5.87. The number of nitrogens with zero attached hydrogens (tertiary/aromatic N) is 2. The Labute approximate surface area is 144 Å². The molecule has 1 heterocycles. The molecule has 1 unspecified atom stereocenters. The van der Waals surface area contributed by atoms with Crippen molar-refractivity contribution in [2.45, 2.75) is 13.0 Å². The van der Waals surface area contributed by atoms with Gasteiger partial charge in [0.1, 0.15) is 11.5 Å². The van der Waals surface area contributed by atoms with Crippen molar-refractivity contribution < 1.29 is 4.74 Å². The molecule has 1 aliphatic heterocycles. The maximum Gasteiger partial charge on any atom is 0.127 e. The van der Waals surface area contributed by atoms with E-state index in [2.05, 4.69) is 41.0 Å². The molecule has 1 saturated heterocycles. The summed E-state index contributed by atoms with van der Waals surface area (Å²) in [6, 6.07) is 18.8. The first kappa shape index (κ1) is 17.0. The highest BCUT2D eigenvalue weighted by Crippen LogP contribution is 2.26. The van der Waals surface area contributed by atoms with Gasteiger partial charge in [-0.15, -0.1) is 0 Å². The first-order valence-electron chi connectivity index (χ1n) is 8.75. The topological polar surface area (TPSA) is 41.7 Å². The van der Waals surface area contributed by atoms with Crippen LogP contribution in [0.2, 0.25) is 0 Å².